The molecule has 3 aromatic rings. The van der Waals surface area contributed by atoms with Gasteiger partial charge in [0.15, 0.2) is 0 Å². The number of fused-ring (bicyclic) bond motifs is 1. The van der Waals surface area contributed by atoms with Crippen molar-refractivity contribution in [3.63, 3.8) is 0 Å². The van der Waals surface area contributed by atoms with Gasteiger partial charge in [-0.05, 0) is 50.1 Å². The van der Waals surface area contributed by atoms with Crippen LogP contribution in [0.25, 0.3) is 11.0 Å². The first-order chi connectivity index (χ1) is 11.0. The Morgan fingerprint density at radius 3 is 2.61 bits per heavy atom. The van der Waals surface area contributed by atoms with Crippen molar-refractivity contribution in [3.05, 3.63) is 65.0 Å². The average molecular weight is 307 g/mol. The van der Waals surface area contributed by atoms with E-state index in [-0.39, 0.29) is 5.91 Å². The minimum atomic E-state index is -0.0280. The van der Waals surface area contributed by atoms with Crippen molar-refractivity contribution < 1.29 is 4.79 Å². The molecule has 4 nitrogen and oxygen atoms in total. The molecule has 1 aromatic heterocycles. The van der Waals surface area contributed by atoms with Crippen LogP contribution in [0.15, 0.2) is 42.5 Å². The number of rotatable bonds is 4. The molecule has 4 heteroatoms. The van der Waals surface area contributed by atoms with Gasteiger partial charge in [0.2, 0.25) is 0 Å². The van der Waals surface area contributed by atoms with Gasteiger partial charge in [-0.2, -0.15) is 0 Å². The highest BCUT2D eigenvalue weighted by Gasteiger charge is 2.06. The summed E-state index contributed by atoms with van der Waals surface area (Å²) >= 11 is 0. The van der Waals surface area contributed by atoms with E-state index in [1.807, 2.05) is 45.2 Å². The number of nitrogens with zero attached hydrogens (tertiary/aromatic N) is 2. The van der Waals surface area contributed by atoms with E-state index in [0.29, 0.717) is 12.1 Å². The van der Waals surface area contributed by atoms with E-state index in [1.165, 1.54) is 5.56 Å². The molecular formula is C19H21N3O. The molecule has 0 aliphatic carbocycles. The zero-order valence-corrected chi connectivity index (χ0v) is 13.8. The first-order valence-corrected chi connectivity index (χ1v) is 7.81. The SMILES string of the molecule is Cc1ccc(C(=O)NCCc2ccc3c(c2)nc(C)n3C)cc1. The molecule has 23 heavy (non-hydrogen) atoms. The van der Waals surface area contributed by atoms with Gasteiger partial charge in [-0.3, -0.25) is 4.79 Å². The highest BCUT2D eigenvalue weighted by Crippen LogP contribution is 2.16. The summed E-state index contributed by atoms with van der Waals surface area (Å²) in [6, 6.07) is 13.9. The summed E-state index contributed by atoms with van der Waals surface area (Å²) in [6.45, 7) is 4.63. The summed E-state index contributed by atoms with van der Waals surface area (Å²) in [6.07, 6.45) is 0.795. The molecule has 0 aliphatic heterocycles. The highest BCUT2D eigenvalue weighted by molar-refractivity contribution is 5.94. The second-order valence-electron chi connectivity index (χ2n) is 5.91. The Balaban J connectivity index is 1.62. The number of imidazole rings is 1. The third kappa shape index (κ3) is 3.26. The fourth-order valence-electron chi connectivity index (χ4n) is 2.65. The lowest BCUT2D eigenvalue weighted by Gasteiger charge is -2.06. The van der Waals surface area contributed by atoms with Crippen molar-refractivity contribution in [1.82, 2.24) is 14.9 Å². The van der Waals surface area contributed by atoms with Crippen LogP contribution in [0.3, 0.4) is 0 Å². The Labute approximate surface area is 136 Å². The standard InChI is InChI=1S/C19H21N3O/c1-13-4-7-16(8-5-13)19(23)20-11-10-15-6-9-18-17(12-15)21-14(2)22(18)3/h4-9,12H,10-11H2,1-3H3,(H,20,23). The van der Waals surface area contributed by atoms with E-state index in [4.69, 9.17) is 0 Å². The molecule has 1 heterocycles. The third-order valence-electron chi connectivity index (χ3n) is 4.18. The zero-order valence-electron chi connectivity index (χ0n) is 13.8. The molecule has 0 atom stereocenters. The van der Waals surface area contributed by atoms with Gasteiger partial charge in [-0.1, -0.05) is 23.8 Å². The molecule has 2 aromatic carbocycles. The van der Waals surface area contributed by atoms with Crippen molar-refractivity contribution >= 4 is 16.9 Å². The normalized spacial score (nSPS) is 10.9. The average Bonchev–Trinajstić information content (AvgIpc) is 2.82. The van der Waals surface area contributed by atoms with E-state index in [9.17, 15) is 4.79 Å². The number of carbonyl (C=O) groups is 1. The Kier molecular flexibility index (Phi) is 4.15. The van der Waals surface area contributed by atoms with Crippen molar-refractivity contribution in [2.45, 2.75) is 20.3 Å². The fourth-order valence-corrected chi connectivity index (χ4v) is 2.65. The maximum Gasteiger partial charge on any atom is 0.251 e. The molecule has 0 saturated heterocycles. The molecule has 0 radical (unpaired) electrons. The topological polar surface area (TPSA) is 46.9 Å². The number of benzene rings is 2. The summed E-state index contributed by atoms with van der Waals surface area (Å²) in [5.74, 6) is 0.976. The minimum Gasteiger partial charge on any atom is -0.352 e. The molecule has 0 spiro atoms. The molecule has 0 unspecified atom stereocenters. The van der Waals surface area contributed by atoms with Gasteiger partial charge in [0.05, 0.1) is 11.0 Å². The first kappa shape index (κ1) is 15.3. The smallest absolute Gasteiger partial charge is 0.251 e. The molecule has 1 N–H and O–H groups in total. The molecule has 0 fully saturated rings. The lowest BCUT2D eigenvalue weighted by molar-refractivity contribution is 0.0954. The molecule has 1 amide bonds. The number of amides is 1. The number of aryl methyl sites for hydroxylation is 3. The Morgan fingerprint density at radius 1 is 1.13 bits per heavy atom. The molecule has 0 bridgehead atoms. The van der Waals surface area contributed by atoms with Crippen molar-refractivity contribution in [3.8, 4) is 0 Å². The highest BCUT2D eigenvalue weighted by atomic mass is 16.1. The number of nitrogens with one attached hydrogen (secondary N) is 1. The summed E-state index contributed by atoms with van der Waals surface area (Å²) in [5, 5.41) is 2.97. The van der Waals surface area contributed by atoms with Crippen LogP contribution in [0.5, 0.6) is 0 Å². The van der Waals surface area contributed by atoms with Crippen LogP contribution in [-0.2, 0) is 13.5 Å². The molecule has 118 valence electrons. The van der Waals surface area contributed by atoms with Gasteiger partial charge < -0.3 is 9.88 Å². The third-order valence-corrected chi connectivity index (χ3v) is 4.18. The maximum absolute atomic E-state index is 12.1. The van der Waals surface area contributed by atoms with Gasteiger partial charge in [0, 0.05) is 19.2 Å². The predicted molar refractivity (Wildman–Crippen MR) is 92.7 cm³/mol. The van der Waals surface area contributed by atoms with Crippen LogP contribution in [0.1, 0.15) is 27.3 Å². The first-order valence-electron chi connectivity index (χ1n) is 7.81. The lowest BCUT2D eigenvalue weighted by Crippen LogP contribution is -2.25. The maximum atomic E-state index is 12.1. The van der Waals surface area contributed by atoms with E-state index >= 15 is 0 Å². The predicted octanol–water partition coefficient (Wildman–Crippen LogP) is 3.16. The Morgan fingerprint density at radius 2 is 1.87 bits per heavy atom. The summed E-state index contributed by atoms with van der Waals surface area (Å²) in [5.41, 5.74) is 5.18. The van der Waals surface area contributed by atoms with Crippen LogP contribution < -0.4 is 5.32 Å². The lowest BCUT2D eigenvalue weighted by atomic mass is 10.1. The summed E-state index contributed by atoms with van der Waals surface area (Å²) in [7, 11) is 2.02. The van der Waals surface area contributed by atoms with Crippen LogP contribution in [0.4, 0.5) is 0 Å². The molecular weight excluding hydrogens is 286 g/mol. The second kappa shape index (κ2) is 6.24. The monoisotopic (exact) mass is 307 g/mol. The van der Waals surface area contributed by atoms with Gasteiger partial charge in [0.1, 0.15) is 5.82 Å². The van der Waals surface area contributed by atoms with Gasteiger partial charge in [0.25, 0.3) is 5.91 Å². The zero-order chi connectivity index (χ0) is 16.4. The fraction of sp³-hybridized carbons (Fsp3) is 0.263. The number of aromatic nitrogens is 2. The van der Waals surface area contributed by atoms with Gasteiger partial charge in [-0.25, -0.2) is 4.98 Å². The van der Waals surface area contributed by atoms with E-state index < -0.39 is 0 Å². The van der Waals surface area contributed by atoms with Gasteiger partial charge in [-0.15, -0.1) is 0 Å². The van der Waals surface area contributed by atoms with E-state index in [0.717, 1.165) is 28.8 Å². The number of hydrogen-bond acceptors (Lipinski definition) is 2. The number of carbonyl (C=O) groups excluding carboxylic acids is 1. The van der Waals surface area contributed by atoms with Crippen LogP contribution in [-0.4, -0.2) is 22.0 Å². The van der Waals surface area contributed by atoms with Gasteiger partial charge >= 0.3 is 0 Å². The van der Waals surface area contributed by atoms with Crippen LogP contribution in [0.2, 0.25) is 0 Å². The summed E-state index contributed by atoms with van der Waals surface area (Å²) in [4.78, 5) is 16.6. The van der Waals surface area contributed by atoms with Crippen molar-refractivity contribution in [1.29, 1.82) is 0 Å². The van der Waals surface area contributed by atoms with Crippen molar-refractivity contribution in [2.24, 2.45) is 7.05 Å². The Bertz CT molecular complexity index is 847. The summed E-state index contributed by atoms with van der Waals surface area (Å²) < 4.78 is 2.08. The van der Waals surface area contributed by atoms with Crippen LogP contribution in [0, 0.1) is 13.8 Å². The number of hydrogen-bond donors (Lipinski definition) is 1. The van der Waals surface area contributed by atoms with Crippen molar-refractivity contribution in [2.75, 3.05) is 6.54 Å². The second-order valence-corrected chi connectivity index (χ2v) is 5.91. The minimum absolute atomic E-state index is 0.0280. The van der Waals surface area contributed by atoms with E-state index in [2.05, 4.69) is 33.1 Å². The molecule has 0 saturated carbocycles. The molecule has 3 rings (SSSR count). The Hall–Kier alpha value is -2.62. The van der Waals surface area contributed by atoms with E-state index in [1.54, 1.807) is 0 Å². The quantitative estimate of drug-likeness (QED) is 0.805. The largest absolute Gasteiger partial charge is 0.352 e. The van der Waals surface area contributed by atoms with Crippen LogP contribution >= 0.6 is 0 Å². The molecule has 0 aliphatic rings.